The molecule has 0 radical (unpaired) electrons. The first-order chi connectivity index (χ1) is 28.1. The van der Waals surface area contributed by atoms with Gasteiger partial charge in [0.1, 0.15) is 0 Å². The van der Waals surface area contributed by atoms with Crippen LogP contribution in [0.25, 0.3) is 55.0 Å². The van der Waals surface area contributed by atoms with E-state index < -0.39 is 0 Å². The summed E-state index contributed by atoms with van der Waals surface area (Å²) in [7, 11) is 0. The molecular weight excluding hydrogens is 757 g/mol. The molecule has 5 aromatic carbocycles. The highest BCUT2D eigenvalue weighted by Gasteiger charge is 2.32. The minimum absolute atomic E-state index is 0.0252. The standard InChI is InChI=1S/C58H70N2S/c1-53(2,3)37-18-22-46-42(30-37)43-31-38(54(4,5)6)19-23-47(43)59(46)50-28-36(34-58(16,17)41-26-27-61-35-41)29-51(52(50)57(13,14)15)60-48-24-20-39(55(7,8)9)32-44(48)45-33-40(56(10,11)12)21-25-49(45)60/h18-33,35H,34H2,1-17H3. The van der Waals surface area contributed by atoms with Crippen LogP contribution < -0.4 is 0 Å². The van der Waals surface area contributed by atoms with Gasteiger partial charge in [-0.15, -0.1) is 0 Å². The van der Waals surface area contributed by atoms with E-state index in [2.05, 4.69) is 229 Å². The van der Waals surface area contributed by atoms with Crippen molar-refractivity contribution in [1.29, 1.82) is 0 Å². The van der Waals surface area contributed by atoms with Crippen LogP contribution in [0, 0.1) is 0 Å². The molecule has 0 aliphatic heterocycles. The summed E-state index contributed by atoms with van der Waals surface area (Å²) in [6, 6.07) is 36.4. The van der Waals surface area contributed by atoms with Crippen LogP contribution in [0.1, 0.15) is 157 Å². The van der Waals surface area contributed by atoms with Crippen LogP contribution in [0.3, 0.4) is 0 Å². The Labute approximate surface area is 371 Å². The summed E-state index contributed by atoms with van der Waals surface area (Å²) in [6.45, 7) is 40.0. The molecule has 0 spiro atoms. The van der Waals surface area contributed by atoms with Crippen molar-refractivity contribution in [2.75, 3.05) is 0 Å². The van der Waals surface area contributed by atoms with Gasteiger partial charge in [-0.2, -0.15) is 11.3 Å². The fraction of sp³-hybridized carbons (Fsp3) is 0.414. The van der Waals surface area contributed by atoms with Crippen molar-refractivity contribution < 1.29 is 0 Å². The van der Waals surface area contributed by atoms with Crippen molar-refractivity contribution in [2.45, 2.75) is 157 Å². The molecule has 0 N–H and O–H groups in total. The Kier molecular flexibility index (Phi) is 10.0. The molecule has 0 unspecified atom stereocenters. The second-order valence-electron chi connectivity index (χ2n) is 23.9. The second-order valence-corrected chi connectivity index (χ2v) is 24.7. The highest BCUT2D eigenvalue weighted by molar-refractivity contribution is 7.08. The molecule has 3 heterocycles. The highest BCUT2D eigenvalue weighted by atomic mass is 32.1. The normalized spacial score (nSPS) is 13.7. The van der Waals surface area contributed by atoms with E-state index in [4.69, 9.17) is 0 Å². The van der Waals surface area contributed by atoms with Gasteiger partial charge in [0.05, 0.1) is 33.4 Å². The van der Waals surface area contributed by atoms with E-state index >= 15 is 0 Å². The molecule has 0 atom stereocenters. The summed E-state index contributed by atoms with van der Waals surface area (Å²) >= 11 is 1.79. The fourth-order valence-electron chi connectivity index (χ4n) is 9.59. The molecule has 0 fully saturated rings. The van der Waals surface area contributed by atoms with Crippen molar-refractivity contribution in [1.82, 2.24) is 9.13 Å². The number of thiophene rings is 1. The zero-order chi connectivity index (χ0) is 44.4. The van der Waals surface area contributed by atoms with Gasteiger partial charge in [0.15, 0.2) is 0 Å². The van der Waals surface area contributed by atoms with Crippen LogP contribution in [-0.2, 0) is 38.9 Å². The van der Waals surface area contributed by atoms with E-state index in [9.17, 15) is 0 Å². The number of nitrogens with zero attached hydrogens (tertiary/aromatic N) is 2. The van der Waals surface area contributed by atoms with E-state index in [0.717, 1.165) is 6.42 Å². The maximum atomic E-state index is 2.62. The van der Waals surface area contributed by atoms with E-state index in [1.165, 1.54) is 93.9 Å². The molecule has 0 aliphatic carbocycles. The monoisotopic (exact) mass is 827 g/mol. The van der Waals surface area contributed by atoms with Crippen molar-refractivity contribution in [3.63, 3.8) is 0 Å². The zero-order valence-electron chi connectivity index (χ0n) is 40.3. The molecule has 0 aliphatic rings. The maximum Gasteiger partial charge on any atom is 0.0541 e. The SMILES string of the molecule is CC(C)(C)c1ccc2c(c1)c1cc(C(C)(C)C)ccc1n2-c1cc(CC(C)(C)c2ccsc2)cc(-n2c3ccc(C(C)(C)C)cc3c3cc(C(C)(C)C)ccc32)c1C(C)(C)C. The van der Waals surface area contributed by atoms with Gasteiger partial charge in [0.2, 0.25) is 0 Å². The smallest absolute Gasteiger partial charge is 0.0541 e. The third kappa shape index (κ3) is 7.68. The fourth-order valence-corrected chi connectivity index (χ4v) is 10.4. The van der Waals surface area contributed by atoms with Gasteiger partial charge in [0.25, 0.3) is 0 Å². The average Bonchev–Trinajstić information content (AvgIpc) is 3.87. The Bertz CT molecular complexity index is 2650. The lowest BCUT2D eigenvalue weighted by molar-refractivity contribution is 0.523. The quantitative estimate of drug-likeness (QED) is 0.164. The topological polar surface area (TPSA) is 9.86 Å². The van der Waals surface area contributed by atoms with Crippen LogP contribution in [0.2, 0.25) is 0 Å². The third-order valence-corrected chi connectivity index (χ3v) is 14.0. The lowest BCUT2D eigenvalue weighted by atomic mass is 9.78. The van der Waals surface area contributed by atoms with Crippen molar-refractivity contribution in [3.05, 3.63) is 141 Å². The molecule has 0 saturated carbocycles. The number of rotatable bonds is 5. The van der Waals surface area contributed by atoms with Crippen LogP contribution in [-0.4, -0.2) is 9.13 Å². The second kappa shape index (κ2) is 14.2. The Morgan fingerprint density at radius 1 is 0.377 bits per heavy atom. The molecule has 3 heteroatoms. The van der Waals surface area contributed by atoms with Gasteiger partial charge < -0.3 is 9.13 Å². The maximum absolute atomic E-state index is 2.62. The predicted octanol–water partition coefficient (Wildman–Crippen LogP) is 17.0. The minimum Gasteiger partial charge on any atom is -0.309 e. The largest absolute Gasteiger partial charge is 0.309 e. The first-order valence-corrected chi connectivity index (χ1v) is 23.5. The predicted molar refractivity (Wildman–Crippen MR) is 270 cm³/mol. The van der Waals surface area contributed by atoms with E-state index in [1.54, 1.807) is 11.3 Å². The minimum atomic E-state index is -0.217. The number of hydrogen-bond donors (Lipinski definition) is 0. The summed E-state index contributed by atoms with van der Waals surface area (Å²) in [5.74, 6) is 0. The van der Waals surface area contributed by atoms with Gasteiger partial charge in [-0.25, -0.2) is 0 Å². The lowest BCUT2D eigenvalue weighted by Crippen LogP contribution is -2.23. The molecule has 0 amide bonds. The van der Waals surface area contributed by atoms with Crippen molar-refractivity contribution >= 4 is 54.9 Å². The molecule has 2 nitrogen and oxygen atoms in total. The molecule has 318 valence electrons. The average molecular weight is 827 g/mol. The van der Waals surface area contributed by atoms with E-state index in [0.29, 0.717) is 0 Å². The van der Waals surface area contributed by atoms with Gasteiger partial charge in [-0.1, -0.05) is 142 Å². The number of hydrogen-bond acceptors (Lipinski definition) is 1. The number of fused-ring (bicyclic) bond motifs is 6. The Balaban J connectivity index is 1.56. The first-order valence-electron chi connectivity index (χ1n) is 22.5. The molecule has 0 saturated heterocycles. The number of aromatic nitrogens is 2. The third-order valence-electron chi connectivity index (χ3n) is 13.3. The first kappa shape index (κ1) is 43.1. The van der Waals surface area contributed by atoms with Gasteiger partial charge >= 0.3 is 0 Å². The van der Waals surface area contributed by atoms with Crippen LogP contribution in [0.15, 0.2) is 102 Å². The van der Waals surface area contributed by atoms with Gasteiger partial charge in [-0.05, 0) is 150 Å². The lowest BCUT2D eigenvalue weighted by Gasteiger charge is -2.31. The van der Waals surface area contributed by atoms with Crippen LogP contribution in [0.4, 0.5) is 0 Å². The molecule has 0 bridgehead atoms. The zero-order valence-corrected chi connectivity index (χ0v) is 41.1. The molecule has 8 rings (SSSR count). The summed E-state index contributed by atoms with van der Waals surface area (Å²) in [6.07, 6.45) is 0.910. The summed E-state index contributed by atoms with van der Waals surface area (Å²) in [5.41, 5.74) is 16.9. The van der Waals surface area contributed by atoms with Crippen molar-refractivity contribution in [2.24, 2.45) is 0 Å². The summed E-state index contributed by atoms with van der Waals surface area (Å²) in [5, 5.41) is 9.84. The molecule has 3 aromatic heterocycles. The summed E-state index contributed by atoms with van der Waals surface area (Å²) < 4.78 is 5.25. The molecule has 8 aromatic rings. The summed E-state index contributed by atoms with van der Waals surface area (Å²) in [4.78, 5) is 0. The Hall–Kier alpha value is -4.60. The number of benzene rings is 5. The van der Waals surface area contributed by atoms with E-state index in [1.807, 2.05) is 0 Å². The Morgan fingerprint density at radius 3 is 0.967 bits per heavy atom. The van der Waals surface area contributed by atoms with Crippen LogP contribution in [0.5, 0.6) is 0 Å². The highest BCUT2D eigenvalue weighted by Crippen LogP contribution is 2.46. The van der Waals surface area contributed by atoms with Gasteiger partial charge in [0, 0.05) is 27.1 Å². The molecule has 61 heavy (non-hydrogen) atoms. The van der Waals surface area contributed by atoms with Crippen molar-refractivity contribution in [3.8, 4) is 11.4 Å². The van der Waals surface area contributed by atoms with Crippen LogP contribution >= 0.6 is 11.3 Å². The molecular formula is C58H70N2S. The van der Waals surface area contributed by atoms with Gasteiger partial charge in [-0.3, -0.25) is 0 Å². The Morgan fingerprint density at radius 2 is 0.705 bits per heavy atom. The van der Waals surface area contributed by atoms with E-state index in [-0.39, 0.29) is 32.5 Å².